The molecule has 15 aromatic rings. The van der Waals surface area contributed by atoms with Crippen molar-refractivity contribution in [3.05, 3.63) is 248 Å². The monoisotopic (exact) mass is 934 g/mol. The Morgan fingerprint density at radius 3 is 1.42 bits per heavy atom. The summed E-state index contributed by atoms with van der Waals surface area (Å²) in [5.74, 6) is 2.17. The van der Waals surface area contributed by atoms with E-state index in [0.717, 1.165) is 78.5 Å². The van der Waals surface area contributed by atoms with Crippen molar-refractivity contribution < 1.29 is 0 Å². The van der Waals surface area contributed by atoms with Crippen molar-refractivity contribution in [1.29, 1.82) is 0 Å². The molecule has 8 nitrogen and oxygen atoms in total. The average Bonchev–Trinajstić information content (AvgIpc) is 4.26. The summed E-state index contributed by atoms with van der Waals surface area (Å²) in [7, 11) is 0. The minimum absolute atomic E-state index is 0.446. The third kappa shape index (κ3) is 5.65. The lowest BCUT2D eigenvalue weighted by atomic mass is 10.1. The van der Waals surface area contributed by atoms with Crippen LogP contribution >= 0.6 is 0 Å². The second-order valence-corrected chi connectivity index (χ2v) is 19.0. The molecule has 0 saturated carbocycles. The van der Waals surface area contributed by atoms with Gasteiger partial charge in [0, 0.05) is 60.0 Å². The van der Waals surface area contributed by atoms with Crippen LogP contribution in [0.25, 0.3) is 110 Å². The van der Waals surface area contributed by atoms with Crippen molar-refractivity contribution >= 4 is 105 Å². The van der Waals surface area contributed by atoms with Crippen LogP contribution in [-0.4, -0.2) is 33.5 Å². The number of hydrogen-bond acceptors (Lipinski definition) is 3. The van der Waals surface area contributed by atoms with Crippen molar-refractivity contribution in [2.45, 2.75) is 6.17 Å². The molecule has 6 heterocycles. The van der Waals surface area contributed by atoms with Gasteiger partial charge in [0.05, 0.1) is 55.5 Å². The highest BCUT2D eigenvalue weighted by Gasteiger charge is 2.35. The number of nitrogens with one attached hydrogen (secondary N) is 1. The Balaban J connectivity index is 0.986. The summed E-state index contributed by atoms with van der Waals surface area (Å²) in [6, 6.07) is 87.1. The quantitative estimate of drug-likeness (QED) is 0.181. The molecule has 1 aliphatic rings. The number of hydrogen-bond donors (Lipinski definition) is 1. The van der Waals surface area contributed by atoms with Gasteiger partial charge in [-0.05, 0) is 78.9 Å². The number of para-hydroxylation sites is 7. The van der Waals surface area contributed by atoms with Gasteiger partial charge in [0.2, 0.25) is 5.95 Å². The van der Waals surface area contributed by atoms with Crippen LogP contribution in [-0.2, 0) is 0 Å². The van der Waals surface area contributed by atoms with Gasteiger partial charge in [-0.1, -0.05) is 164 Å². The van der Waals surface area contributed by atoms with Gasteiger partial charge in [0.15, 0.2) is 11.6 Å². The predicted octanol–water partition coefficient (Wildman–Crippen LogP) is 16.0. The molecule has 342 valence electrons. The number of nitrogens with zero attached hydrogens (tertiary/aromatic N) is 7. The first kappa shape index (κ1) is 39.9. The first-order valence-corrected chi connectivity index (χ1v) is 24.9. The molecule has 0 spiro atoms. The molecule has 0 fully saturated rings. The predicted molar refractivity (Wildman–Crippen MR) is 301 cm³/mol. The largest absolute Gasteiger partial charge is 0.342 e. The van der Waals surface area contributed by atoms with E-state index in [1.54, 1.807) is 0 Å². The zero-order valence-electron chi connectivity index (χ0n) is 39.3. The Bertz CT molecular complexity index is 4740. The Labute approximate surface area is 418 Å². The van der Waals surface area contributed by atoms with E-state index in [9.17, 15) is 0 Å². The molecule has 0 saturated heterocycles. The number of aliphatic imine (C=N–C) groups is 1. The van der Waals surface area contributed by atoms with E-state index in [-0.39, 0.29) is 0 Å². The minimum atomic E-state index is -0.446. The molecular formula is C65H42N8. The Kier molecular flexibility index (Phi) is 8.35. The van der Waals surface area contributed by atoms with Gasteiger partial charge < -0.3 is 19.0 Å². The topological polar surface area (TPSA) is 61.9 Å². The Hall–Kier alpha value is -9.92. The molecule has 5 aromatic heterocycles. The summed E-state index contributed by atoms with van der Waals surface area (Å²) in [4.78, 5) is 11.4. The SMILES string of the molecule is c1ccc(C2=Nc3nc(-n4c5ccccc5c5cc6c(cc54)c4ccccc4n6-c4ccccc4)n(-c4ccccc4)c3NC2n2c3ccccc3c3c4c(ccc32)c2ccccc2n4-c2ccccc2)cc1. The number of fused-ring (bicyclic) bond motifs is 14. The van der Waals surface area contributed by atoms with E-state index in [1.807, 2.05) is 0 Å². The smallest absolute Gasteiger partial charge is 0.223 e. The molecule has 0 amide bonds. The Morgan fingerprint density at radius 1 is 0.342 bits per heavy atom. The molecule has 0 bridgehead atoms. The number of anilines is 1. The zero-order valence-corrected chi connectivity index (χ0v) is 39.3. The lowest BCUT2D eigenvalue weighted by Crippen LogP contribution is -2.31. The molecule has 10 aromatic carbocycles. The fourth-order valence-corrected chi connectivity index (χ4v) is 12.1. The summed E-state index contributed by atoms with van der Waals surface area (Å²) in [6.07, 6.45) is -0.446. The number of rotatable bonds is 6. The maximum absolute atomic E-state index is 5.71. The van der Waals surface area contributed by atoms with Crippen LogP contribution in [0.1, 0.15) is 11.7 Å². The van der Waals surface area contributed by atoms with Crippen LogP contribution in [0, 0.1) is 0 Å². The molecule has 1 unspecified atom stereocenters. The van der Waals surface area contributed by atoms with Crippen LogP contribution in [0.3, 0.4) is 0 Å². The Morgan fingerprint density at radius 2 is 0.808 bits per heavy atom. The number of benzene rings is 10. The van der Waals surface area contributed by atoms with Crippen molar-refractivity contribution in [3.63, 3.8) is 0 Å². The van der Waals surface area contributed by atoms with Gasteiger partial charge in [-0.3, -0.25) is 9.13 Å². The number of imidazole rings is 1. The third-order valence-electron chi connectivity index (χ3n) is 15.1. The lowest BCUT2D eigenvalue weighted by molar-refractivity contribution is 0.748. The highest BCUT2D eigenvalue weighted by atomic mass is 15.4. The van der Waals surface area contributed by atoms with Gasteiger partial charge in [-0.25, -0.2) is 4.99 Å². The summed E-state index contributed by atoms with van der Waals surface area (Å²) in [5, 5.41) is 13.6. The molecule has 73 heavy (non-hydrogen) atoms. The maximum atomic E-state index is 5.71. The van der Waals surface area contributed by atoms with Crippen LogP contribution < -0.4 is 5.32 Å². The van der Waals surface area contributed by atoms with Crippen LogP contribution in [0.15, 0.2) is 248 Å². The van der Waals surface area contributed by atoms with Crippen LogP contribution in [0.5, 0.6) is 0 Å². The molecule has 8 heteroatoms. The summed E-state index contributed by atoms with van der Waals surface area (Å²) >= 11 is 0. The average molecular weight is 935 g/mol. The fourth-order valence-electron chi connectivity index (χ4n) is 12.1. The molecule has 1 N–H and O–H groups in total. The van der Waals surface area contributed by atoms with Crippen molar-refractivity contribution in [2.24, 2.45) is 4.99 Å². The van der Waals surface area contributed by atoms with E-state index in [0.29, 0.717) is 5.82 Å². The summed E-state index contributed by atoms with van der Waals surface area (Å²) in [5.41, 5.74) is 14.1. The van der Waals surface area contributed by atoms with Crippen LogP contribution in [0.4, 0.5) is 11.6 Å². The molecule has 1 aliphatic heterocycles. The zero-order chi connectivity index (χ0) is 47.7. The molecule has 0 radical (unpaired) electrons. The lowest BCUT2D eigenvalue weighted by Gasteiger charge is -2.29. The fraction of sp³-hybridized carbons (Fsp3) is 0.0154. The first-order valence-electron chi connectivity index (χ1n) is 24.9. The van der Waals surface area contributed by atoms with Crippen molar-refractivity contribution in [1.82, 2.24) is 27.8 Å². The van der Waals surface area contributed by atoms with Crippen molar-refractivity contribution in [2.75, 3.05) is 5.32 Å². The van der Waals surface area contributed by atoms with Gasteiger partial charge >= 0.3 is 0 Å². The van der Waals surface area contributed by atoms with E-state index in [1.165, 1.54) is 48.9 Å². The standard InChI is InChI=1S/C65H42N8/c1-5-21-41(22-6-1)60-63(72-55-36-20-16-32-49(55)59-56(72)38-37-48-45-29-13-18-34-53(45)70(61(48)59)43-25-9-3-10-26-43)68-64-62(66-60)67-65(71(64)44-27-11-4-12-28-44)73-54-35-19-15-31-47(54)51-39-57-50(40-58(51)73)46-30-14-17-33-52(46)69(57)42-23-7-2-8-24-42/h1-40,63,68H. The van der Waals surface area contributed by atoms with E-state index < -0.39 is 6.17 Å². The van der Waals surface area contributed by atoms with E-state index in [2.05, 4.69) is 271 Å². The second kappa shape index (κ2) is 15.3. The molecular weight excluding hydrogens is 893 g/mol. The van der Waals surface area contributed by atoms with Gasteiger partial charge in [-0.2, -0.15) is 4.98 Å². The highest BCUT2D eigenvalue weighted by molar-refractivity contribution is 6.26. The maximum Gasteiger partial charge on any atom is 0.223 e. The van der Waals surface area contributed by atoms with Crippen LogP contribution in [0.2, 0.25) is 0 Å². The summed E-state index contributed by atoms with van der Waals surface area (Å²) in [6.45, 7) is 0. The molecule has 16 rings (SSSR count). The highest BCUT2D eigenvalue weighted by Crippen LogP contribution is 2.47. The normalized spacial score (nSPS) is 13.8. The number of aromatic nitrogens is 6. The molecule has 0 aliphatic carbocycles. The summed E-state index contributed by atoms with van der Waals surface area (Å²) < 4.78 is 11.9. The second-order valence-electron chi connectivity index (χ2n) is 19.0. The van der Waals surface area contributed by atoms with E-state index in [4.69, 9.17) is 9.98 Å². The van der Waals surface area contributed by atoms with Crippen molar-refractivity contribution in [3.8, 4) is 23.0 Å². The van der Waals surface area contributed by atoms with E-state index >= 15 is 0 Å². The molecule has 1 atom stereocenters. The van der Waals surface area contributed by atoms with Gasteiger partial charge in [-0.15, -0.1) is 0 Å². The van der Waals surface area contributed by atoms with Gasteiger partial charge in [0.1, 0.15) is 6.17 Å². The van der Waals surface area contributed by atoms with Gasteiger partial charge in [0.25, 0.3) is 0 Å². The third-order valence-corrected chi connectivity index (χ3v) is 15.1. The first-order chi connectivity index (χ1) is 36.3. The minimum Gasteiger partial charge on any atom is -0.342 e.